The third kappa shape index (κ3) is 4.56. The van der Waals surface area contributed by atoms with Crippen LogP contribution in [0.25, 0.3) is 10.8 Å². The molecule has 5 nitrogen and oxygen atoms in total. The zero-order valence-corrected chi connectivity index (χ0v) is 17.6. The minimum atomic E-state index is -3.47. The molecule has 0 spiro atoms. The predicted molar refractivity (Wildman–Crippen MR) is 115 cm³/mol. The number of para-hydroxylation sites is 1. The van der Waals surface area contributed by atoms with Crippen molar-refractivity contribution < 1.29 is 18.1 Å². The molecule has 1 aliphatic heterocycles. The second-order valence-electron chi connectivity index (χ2n) is 7.19. The summed E-state index contributed by atoms with van der Waals surface area (Å²) in [5.41, 5.74) is 0. The van der Waals surface area contributed by atoms with Gasteiger partial charge in [-0.15, -0.1) is 0 Å². The summed E-state index contributed by atoms with van der Waals surface area (Å²) in [6, 6.07) is 20.6. The van der Waals surface area contributed by atoms with E-state index >= 15 is 0 Å². The van der Waals surface area contributed by atoms with Crippen molar-refractivity contribution in [3.8, 4) is 5.75 Å². The molecule has 3 aromatic carbocycles. The SMILES string of the molecule is O=S(=O)(c1ccc2ccccc2c1)N1CC[NH+](CCOc2ccccc2Cl)CC1. The zero-order valence-electron chi connectivity index (χ0n) is 16.1. The number of piperazine rings is 1. The van der Waals surface area contributed by atoms with Crippen LogP contribution in [0, 0.1) is 0 Å². The summed E-state index contributed by atoms with van der Waals surface area (Å²) in [6.45, 7) is 3.91. The van der Waals surface area contributed by atoms with E-state index < -0.39 is 10.0 Å². The van der Waals surface area contributed by atoms with Gasteiger partial charge in [0.25, 0.3) is 0 Å². The summed E-state index contributed by atoms with van der Waals surface area (Å²) in [7, 11) is -3.47. The van der Waals surface area contributed by atoms with E-state index in [-0.39, 0.29) is 0 Å². The highest BCUT2D eigenvalue weighted by Gasteiger charge is 2.30. The second kappa shape index (κ2) is 8.71. The van der Waals surface area contributed by atoms with Gasteiger partial charge in [-0.25, -0.2) is 8.42 Å². The number of sulfonamides is 1. The fraction of sp³-hybridized carbons (Fsp3) is 0.273. The molecule has 0 saturated carbocycles. The van der Waals surface area contributed by atoms with E-state index in [0.717, 1.165) is 30.4 Å². The molecule has 0 radical (unpaired) electrons. The molecule has 0 bridgehead atoms. The number of quaternary nitrogens is 1. The van der Waals surface area contributed by atoms with Crippen LogP contribution in [-0.4, -0.2) is 52.1 Å². The van der Waals surface area contributed by atoms with Crippen molar-refractivity contribution in [1.82, 2.24) is 4.31 Å². The van der Waals surface area contributed by atoms with E-state index in [9.17, 15) is 8.42 Å². The van der Waals surface area contributed by atoms with Gasteiger partial charge in [0.15, 0.2) is 0 Å². The van der Waals surface area contributed by atoms with Gasteiger partial charge in [0.1, 0.15) is 18.9 Å². The molecule has 0 amide bonds. The van der Waals surface area contributed by atoms with Crippen molar-refractivity contribution in [2.45, 2.75) is 4.90 Å². The third-order valence-electron chi connectivity index (χ3n) is 5.34. The fourth-order valence-electron chi connectivity index (χ4n) is 3.64. The van der Waals surface area contributed by atoms with Gasteiger partial charge in [0, 0.05) is 0 Å². The van der Waals surface area contributed by atoms with Crippen LogP contribution < -0.4 is 9.64 Å². The molecule has 0 unspecified atom stereocenters. The molecule has 1 N–H and O–H groups in total. The van der Waals surface area contributed by atoms with Gasteiger partial charge in [-0.1, -0.05) is 54.1 Å². The highest BCUT2D eigenvalue weighted by atomic mass is 35.5. The van der Waals surface area contributed by atoms with Crippen molar-refractivity contribution in [3.63, 3.8) is 0 Å². The summed E-state index contributed by atoms with van der Waals surface area (Å²) in [5.74, 6) is 0.686. The molecule has 152 valence electrons. The van der Waals surface area contributed by atoms with Crippen LogP contribution in [0.2, 0.25) is 5.02 Å². The molecule has 0 aliphatic carbocycles. The largest absolute Gasteiger partial charge is 0.486 e. The van der Waals surface area contributed by atoms with Crippen LogP contribution in [0.3, 0.4) is 0 Å². The van der Waals surface area contributed by atoms with E-state index in [4.69, 9.17) is 16.3 Å². The van der Waals surface area contributed by atoms with E-state index in [2.05, 4.69) is 0 Å². The van der Waals surface area contributed by atoms with Crippen molar-refractivity contribution in [2.75, 3.05) is 39.3 Å². The average molecular weight is 432 g/mol. The normalized spacial score (nSPS) is 16.2. The smallest absolute Gasteiger partial charge is 0.243 e. The third-order valence-corrected chi connectivity index (χ3v) is 7.54. The van der Waals surface area contributed by atoms with E-state index in [0.29, 0.717) is 35.4 Å². The number of rotatable bonds is 6. The Morgan fingerprint density at radius 3 is 2.38 bits per heavy atom. The molecule has 29 heavy (non-hydrogen) atoms. The Labute approximate surface area is 176 Å². The summed E-state index contributed by atoms with van der Waals surface area (Å²) in [5, 5.41) is 2.59. The van der Waals surface area contributed by atoms with Gasteiger partial charge < -0.3 is 9.64 Å². The number of ether oxygens (including phenoxy) is 1. The molecule has 1 aliphatic rings. The maximum absolute atomic E-state index is 13.1. The molecular formula is C22H24ClN2O3S+. The van der Waals surface area contributed by atoms with Crippen LogP contribution in [0.4, 0.5) is 0 Å². The molecule has 1 fully saturated rings. The first-order valence-electron chi connectivity index (χ1n) is 9.74. The molecule has 0 atom stereocenters. The number of halogens is 1. The lowest BCUT2D eigenvalue weighted by Crippen LogP contribution is -3.15. The van der Waals surface area contributed by atoms with Gasteiger partial charge in [-0.3, -0.25) is 0 Å². The average Bonchev–Trinajstić information content (AvgIpc) is 2.75. The van der Waals surface area contributed by atoms with Gasteiger partial charge in [0.05, 0.1) is 36.1 Å². The van der Waals surface area contributed by atoms with E-state index in [1.54, 1.807) is 22.5 Å². The maximum atomic E-state index is 13.1. The zero-order chi connectivity index (χ0) is 20.3. The monoisotopic (exact) mass is 431 g/mol. The Hall–Kier alpha value is -2.12. The Morgan fingerprint density at radius 2 is 1.62 bits per heavy atom. The van der Waals surface area contributed by atoms with Gasteiger partial charge in [-0.05, 0) is 35.0 Å². The minimum absolute atomic E-state index is 0.363. The van der Waals surface area contributed by atoms with Gasteiger partial charge in [0.2, 0.25) is 10.0 Å². The quantitative estimate of drug-likeness (QED) is 0.652. The van der Waals surface area contributed by atoms with Crippen molar-refractivity contribution in [1.29, 1.82) is 0 Å². The maximum Gasteiger partial charge on any atom is 0.243 e. The lowest BCUT2D eigenvalue weighted by molar-refractivity contribution is -0.903. The van der Waals surface area contributed by atoms with Crippen LogP contribution >= 0.6 is 11.6 Å². The molecule has 3 aromatic rings. The number of nitrogens with one attached hydrogen (secondary N) is 1. The van der Waals surface area contributed by atoms with E-state index in [1.165, 1.54) is 4.90 Å². The minimum Gasteiger partial charge on any atom is -0.486 e. The van der Waals surface area contributed by atoms with Crippen LogP contribution in [-0.2, 0) is 10.0 Å². The number of benzene rings is 3. The first-order chi connectivity index (χ1) is 14.0. The lowest BCUT2D eigenvalue weighted by Gasteiger charge is -2.31. The summed E-state index contributed by atoms with van der Waals surface area (Å²) < 4.78 is 33.5. The molecule has 0 aromatic heterocycles. The Bertz CT molecular complexity index is 1100. The van der Waals surface area contributed by atoms with Crippen molar-refractivity contribution in [3.05, 3.63) is 71.8 Å². The summed E-state index contributed by atoms with van der Waals surface area (Å²) in [6.07, 6.45) is 0. The highest BCUT2D eigenvalue weighted by Crippen LogP contribution is 2.23. The van der Waals surface area contributed by atoms with Crippen LogP contribution in [0.1, 0.15) is 0 Å². The standard InChI is InChI=1S/C22H23ClN2O3S/c23-21-7-3-4-8-22(21)28-16-15-24-11-13-25(14-12-24)29(26,27)20-10-9-18-5-1-2-6-19(18)17-20/h1-10,17H,11-16H2/p+1. The topological polar surface area (TPSA) is 51.0 Å². The fourth-order valence-corrected chi connectivity index (χ4v) is 5.30. The second-order valence-corrected chi connectivity index (χ2v) is 9.54. The predicted octanol–water partition coefficient (Wildman–Crippen LogP) is 2.46. The molecule has 1 saturated heterocycles. The van der Waals surface area contributed by atoms with Gasteiger partial charge in [-0.2, -0.15) is 4.31 Å². The number of fused-ring (bicyclic) bond motifs is 1. The highest BCUT2D eigenvalue weighted by molar-refractivity contribution is 7.89. The van der Waals surface area contributed by atoms with Crippen molar-refractivity contribution >= 4 is 32.4 Å². The Kier molecular flexibility index (Phi) is 6.06. The van der Waals surface area contributed by atoms with Gasteiger partial charge >= 0.3 is 0 Å². The van der Waals surface area contributed by atoms with Crippen LogP contribution in [0.15, 0.2) is 71.6 Å². The first-order valence-corrected chi connectivity index (χ1v) is 11.6. The molecule has 1 heterocycles. The first kappa shape index (κ1) is 20.2. The Balaban J connectivity index is 1.34. The summed E-state index contributed by atoms with van der Waals surface area (Å²) in [4.78, 5) is 1.70. The molecular weight excluding hydrogens is 408 g/mol. The molecule has 7 heteroatoms. The van der Waals surface area contributed by atoms with Crippen molar-refractivity contribution in [2.24, 2.45) is 0 Å². The molecule has 4 rings (SSSR count). The van der Waals surface area contributed by atoms with E-state index in [1.807, 2.05) is 48.5 Å². The van der Waals surface area contributed by atoms with Crippen LogP contribution in [0.5, 0.6) is 5.75 Å². The number of hydrogen-bond donors (Lipinski definition) is 1. The summed E-state index contributed by atoms with van der Waals surface area (Å²) >= 11 is 6.10. The Morgan fingerprint density at radius 1 is 0.931 bits per heavy atom. The lowest BCUT2D eigenvalue weighted by atomic mass is 10.1. The number of hydrogen-bond acceptors (Lipinski definition) is 3. The number of nitrogens with zero attached hydrogens (tertiary/aromatic N) is 1.